The quantitative estimate of drug-likeness (QED) is 0.202. The maximum Gasteiger partial charge on any atom is 0.326 e. The van der Waals surface area contributed by atoms with Gasteiger partial charge in [-0.25, -0.2) is 4.79 Å². The van der Waals surface area contributed by atoms with E-state index in [1.807, 2.05) is 0 Å². The third kappa shape index (κ3) is 9.90. The standard InChI is InChI=1S/C17H33N5O5/c1-3-10(2)14(17(26)27)22-16(25)12(7-8-13(20)23)21-15(24)11(19)6-4-5-9-18/h10-12,14H,3-9,18-19H2,1-2H3,(H2,20,23)(H,21,24)(H,22,25)(H,26,27). The second-order valence-corrected chi connectivity index (χ2v) is 6.67. The minimum atomic E-state index is -1.17. The minimum Gasteiger partial charge on any atom is -0.480 e. The number of rotatable bonds is 14. The summed E-state index contributed by atoms with van der Waals surface area (Å²) in [6, 6.07) is -3.03. The van der Waals surface area contributed by atoms with Crippen molar-refractivity contribution in [2.24, 2.45) is 23.1 Å². The summed E-state index contributed by atoms with van der Waals surface area (Å²) in [5, 5.41) is 14.2. The molecule has 4 atom stereocenters. The summed E-state index contributed by atoms with van der Waals surface area (Å²) in [6.07, 6.45) is 2.15. The number of nitrogens with two attached hydrogens (primary N) is 3. The molecule has 0 aliphatic heterocycles. The third-order valence-electron chi connectivity index (χ3n) is 4.40. The first-order valence-electron chi connectivity index (χ1n) is 9.21. The molecule has 0 aromatic carbocycles. The van der Waals surface area contributed by atoms with Gasteiger partial charge in [-0.3, -0.25) is 14.4 Å². The van der Waals surface area contributed by atoms with Crippen LogP contribution in [0.15, 0.2) is 0 Å². The summed E-state index contributed by atoms with van der Waals surface area (Å²) in [5.41, 5.74) is 16.3. The maximum atomic E-state index is 12.5. The lowest BCUT2D eigenvalue weighted by Gasteiger charge is -2.25. The van der Waals surface area contributed by atoms with E-state index in [2.05, 4.69) is 10.6 Å². The zero-order chi connectivity index (χ0) is 21.0. The SMILES string of the molecule is CCC(C)C(NC(=O)C(CCC(N)=O)NC(=O)C(N)CCCCN)C(=O)O. The van der Waals surface area contributed by atoms with Gasteiger partial charge in [-0.2, -0.15) is 0 Å². The number of carbonyl (C=O) groups excluding carboxylic acids is 3. The van der Waals surface area contributed by atoms with Crippen molar-refractivity contribution in [3.63, 3.8) is 0 Å². The van der Waals surface area contributed by atoms with Crippen LogP contribution >= 0.6 is 0 Å². The molecule has 0 aromatic rings. The lowest BCUT2D eigenvalue weighted by molar-refractivity contribution is -0.144. The van der Waals surface area contributed by atoms with Crippen molar-refractivity contribution in [2.75, 3.05) is 6.54 Å². The first kappa shape index (κ1) is 24.8. The molecule has 3 amide bonds. The van der Waals surface area contributed by atoms with Gasteiger partial charge in [-0.05, 0) is 31.7 Å². The zero-order valence-corrected chi connectivity index (χ0v) is 16.1. The Morgan fingerprint density at radius 2 is 1.67 bits per heavy atom. The van der Waals surface area contributed by atoms with Crippen LogP contribution in [0.25, 0.3) is 0 Å². The molecule has 0 rings (SSSR count). The molecule has 0 radical (unpaired) electrons. The molecule has 0 aliphatic rings. The fourth-order valence-corrected chi connectivity index (χ4v) is 2.41. The van der Waals surface area contributed by atoms with Crippen molar-refractivity contribution >= 4 is 23.7 Å². The molecule has 0 saturated heterocycles. The fourth-order valence-electron chi connectivity index (χ4n) is 2.41. The van der Waals surface area contributed by atoms with Crippen molar-refractivity contribution in [1.29, 1.82) is 0 Å². The van der Waals surface area contributed by atoms with Crippen molar-refractivity contribution in [3.8, 4) is 0 Å². The molecular formula is C17H33N5O5. The Bertz CT molecular complexity index is 514. The van der Waals surface area contributed by atoms with Gasteiger partial charge in [0.15, 0.2) is 0 Å². The summed E-state index contributed by atoms with van der Waals surface area (Å²) in [6.45, 7) is 3.99. The normalized spacial score (nSPS) is 15.3. The van der Waals surface area contributed by atoms with Crippen LogP contribution < -0.4 is 27.8 Å². The Balaban J connectivity index is 5.05. The van der Waals surface area contributed by atoms with E-state index < -0.39 is 41.8 Å². The molecular weight excluding hydrogens is 354 g/mol. The van der Waals surface area contributed by atoms with E-state index in [1.54, 1.807) is 13.8 Å². The van der Waals surface area contributed by atoms with Gasteiger partial charge in [0, 0.05) is 6.42 Å². The van der Waals surface area contributed by atoms with Gasteiger partial charge in [0.2, 0.25) is 17.7 Å². The Kier molecular flexibility index (Phi) is 12.0. The van der Waals surface area contributed by atoms with Crippen LogP contribution in [0.4, 0.5) is 0 Å². The number of carbonyl (C=O) groups is 4. The van der Waals surface area contributed by atoms with Crippen molar-refractivity contribution in [2.45, 2.75) is 70.5 Å². The Hall–Kier alpha value is -2.20. The average Bonchev–Trinajstić information content (AvgIpc) is 2.61. The summed E-state index contributed by atoms with van der Waals surface area (Å²) in [4.78, 5) is 47.2. The summed E-state index contributed by atoms with van der Waals surface area (Å²) in [7, 11) is 0. The Morgan fingerprint density at radius 1 is 1.04 bits per heavy atom. The summed E-state index contributed by atoms with van der Waals surface area (Å²) >= 11 is 0. The van der Waals surface area contributed by atoms with Crippen molar-refractivity contribution in [3.05, 3.63) is 0 Å². The van der Waals surface area contributed by atoms with Crippen molar-refractivity contribution < 1.29 is 24.3 Å². The molecule has 0 aromatic heterocycles. The monoisotopic (exact) mass is 387 g/mol. The van der Waals surface area contributed by atoms with Crippen LogP contribution in [-0.4, -0.2) is 53.5 Å². The van der Waals surface area contributed by atoms with E-state index >= 15 is 0 Å². The second kappa shape index (κ2) is 13.0. The van der Waals surface area contributed by atoms with E-state index in [4.69, 9.17) is 17.2 Å². The van der Waals surface area contributed by atoms with E-state index in [-0.39, 0.29) is 18.8 Å². The average molecular weight is 387 g/mol. The van der Waals surface area contributed by atoms with Gasteiger partial charge in [0.25, 0.3) is 0 Å². The lowest BCUT2D eigenvalue weighted by Crippen LogP contribution is -2.55. The Morgan fingerprint density at radius 3 is 2.15 bits per heavy atom. The number of aliphatic carboxylic acids is 1. The van der Waals surface area contributed by atoms with E-state index in [9.17, 15) is 24.3 Å². The third-order valence-corrected chi connectivity index (χ3v) is 4.40. The number of carboxylic acids is 1. The highest BCUT2D eigenvalue weighted by Gasteiger charge is 2.30. The second-order valence-electron chi connectivity index (χ2n) is 6.67. The number of primary amides is 1. The topological polar surface area (TPSA) is 191 Å². The van der Waals surface area contributed by atoms with Crippen LogP contribution in [0.2, 0.25) is 0 Å². The lowest BCUT2D eigenvalue weighted by atomic mass is 9.98. The van der Waals surface area contributed by atoms with Gasteiger partial charge in [0.05, 0.1) is 6.04 Å². The molecule has 9 N–H and O–H groups in total. The van der Waals surface area contributed by atoms with Crippen LogP contribution in [-0.2, 0) is 19.2 Å². The molecule has 0 bridgehead atoms. The molecule has 156 valence electrons. The van der Waals surface area contributed by atoms with Gasteiger partial charge < -0.3 is 32.9 Å². The van der Waals surface area contributed by atoms with Crippen molar-refractivity contribution in [1.82, 2.24) is 10.6 Å². The fraction of sp³-hybridized carbons (Fsp3) is 0.765. The molecule has 0 saturated carbocycles. The predicted molar refractivity (Wildman–Crippen MR) is 100 cm³/mol. The summed E-state index contributed by atoms with van der Waals surface area (Å²) in [5.74, 6) is -3.35. The van der Waals surface area contributed by atoms with E-state index in [0.29, 0.717) is 25.8 Å². The van der Waals surface area contributed by atoms with Gasteiger partial charge in [-0.15, -0.1) is 0 Å². The van der Waals surface area contributed by atoms with Crippen LogP contribution in [0.5, 0.6) is 0 Å². The van der Waals surface area contributed by atoms with Gasteiger partial charge in [-0.1, -0.05) is 26.7 Å². The number of hydrogen-bond donors (Lipinski definition) is 6. The molecule has 0 spiro atoms. The molecule has 0 heterocycles. The molecule has 10 nitrogen and oxygen atoms in total. The largest absolute Gasteiger partial charge is 0.480 e. The smallest absolute Gasteiger partial charge is 0.326 e. The highest BCUT2D eigenvalue weighted by Crippen LogP contribution is 2.09. The highest BCUT2D eigenvalue weighted by molar-refractivity contribution is 5.92. The zero-order valence-electron chi connectivity index (χ0n) is 16.1. The van der Waals surface area contributed by atoms with E-state index in [1.165, 1.54) is 0 Å². The highest BCUT2D eigenvalue weighted by atomic mass is 16.4. The number of amides is 3. The first-order chi connectivity index (χ1) is 12.6. The maximum absolute atomic E-state index is 12.5. The molecule has 0 fully saturated rings. The van der Waals surface area contributed by atoms with E-state index in [0.717, 1.165) is 6.42 Å². The van der Waals surface area contributed by atoms with Gasteiger partial charge >= 0.3 is 5.97 Å². The first-order valence-corrected chi connectivity index (χ1v) is 9.21. The molecule has 4 unspecified atom stereocenters. The number of unbranched alkanes of at least 4 members (excludes halogenated alkanes) is 1. The number of nitrogens with one attached hydrogen (secondary N) is 2. The van der Waals surface area contributed by atoms with Crippen LogP contribution in [0, 0.1) is 5.92 Å². The van der Waals surface area contributed by atoms with Crippen LogP contribution in [0.1, 0.15) is 52.4 Å². The van der Waals surface area contributed by atoms with Crippen LogP contribution in [0.3, 0.4) is 0 Å². The predicted octanol–water partition coefficient (Wildman–Crippen LogP) is -1.19. The summed E-state index contributed by atoms with van der Waals surface area (Å²) < 4.78 is 0. The molecule has 10 heteroatoms. The number of hydrogen-bond acceptors (Lipinski definition) is 6. The molecule has 27 heavy (non-hydrogen) atoms. The Labute approximate surface area is 159 Å². The molecule has 0 aliphatic carbocycles. The number of carboxylic acid groups (broad SMARTS) is 1. The minimum absolute atomic E-state index is 0.0464. The van der Waals surface area contributed by atoms with Gasteiger partial charge in [0.1, 0.15) is 12.1 Å².